The summed E-state index contributed by atoms with van der Waals surface area (Å²) in [5.74, 6) is -4.06. The molecule has 12 nitrogen and oxygen atoms in total. The molecule has 0 aliphatic rings. The molecule has 2 heterocycles. The van der Waals surface area contributed by atoms with Crippen molar-refractivity contribution in [2.45, 2.75) is 12.1 Å². The van der Waals surface area contributed by atoms with Crippen LogP contribution in [0, 0.1) is 0 Å². The lowest BCUT2D eigenvalue weighted by Crippen LogP contribution is -2.43. The molecule has 0 unspecified atom stereocenters. The van der Waals surface area contributed by atoms with E-state index in [9.17, 15) is 29.4 Å². The van der Waals surface area contributed by atoms with Crippen LogP contribution < -0.4 is 10.6 Å². The molecule has 4 aromatic rings. The van der Waals surface area contributed by atoms with Gasteiger partial charge in [-0.15, -0.1) is 0 Å². The minimum atomic E-state index is -1.27. The monoisotopic (exact) mass is 552 g/mol. The smallest absolute Gasteiger partial charge is 0.327 e. The Bertz CT molecular complexity index is 1410. The van der Waals surface area contributed by atoms with Gasteiger partial charge in [0.25, 0.3) is 11.8 Å². The lowest BCUT2D eigenvalue weighted by molar-refractivity contribution is -0.139. The second kappa shape index (κ2) is 12.3. The number of amides is 2. The van der Waals surface area contributed by atoms with Gasteiger partial charge in [-0.2, -0.15) is 0 Å². The molecule has 0 saturated carbocycles. The van der Waals surface area contributed by atoms with E-state index >= 15 is 0 Å². The van der Waals surface area contributed by atoms with Gasteiger partial charge in [0, 0.05) is 11.5 Å². The first-order valence-corrected chi connectivity index (χ1v) is 13.6. The van der Waals surface area contributed by atoms with Gasteiger partial charge in [-0.3, -0.25) is 19.6 Å². The second-order valence-electron chi connectivity index (χ2n) is 7.79. The van der Waals surface area contributed by atoms with E-state index in [0.717, 1.165) is 21.6 Å². The lowest BCUT2D eigenvalue weighted by Gasteiger charge is -2.16. The Hall–Kier alpha value is -4.30. The van der Waals surface area contributed by atoms with E-state index in [1.807, 2.05) is 0 Å². The zero-order valence-corrected chi connectivity index (χ0v) is 21.1. The number of carbonyl (C=O) groups excluding carboxylic acids is 2. The number of carboxylic acid groups (broad SMARTS) is 2. The van der Waals surface area contributed by atoms with Crippen molar-refractivity contribution < 1.29 is 29.4 Å². The molecule has 14 heteroatoms. The molecule has 2 atom stereocenters. The van der Waals surface area contributed by atoms with Gasteiger partial charge in [0.2, 0.25) is 0 Å². The molecule has 0 fully saturated rings. The molecular formula is C24H20N6O6S2. The van der Waals surface area contributed by atoms with Crippen LogP contribution in [-0.4, -0.2) is 77.5 Å². The molecule has 0 aliphatic heterocycles. The van der Waals surface area contributed by atoms with Gasteiger partial charge in [-0.25, -0.2) is 19.6 Å². The van der Waals surface area contributed by atoms with Gasteiger partial charge in [0.15, 0.2) is 0 Å². The minimum Gasteiger partial charge on any atom is -0.480 e. The van der Waals surface area contributed by atoms with Crippen molar-refractivity contribution in [2.24, 2.45) is 0 Å². The fourth-order valence-electron chi connectivity index (χ4n) is 3.18. The number of carboxylic acids is 2. The molecule has 38 heavy (non-hydrogen) atoms. The number of fused-ring (bicyclic) bond motifs is 2. The number of benzene rings is 2. The third kappa shape index (κ3) is 6.72. The zero-order valence-electron chi connectivity index (χ0n) is 19.5. The quantitative estimate of drug-likeness (QED) is 0.157. The van der Waals surface area contributed by atoms with Crippen LogP contribution in [-0.2, 0) is 9.59 Å². The summed E-state index contributed by atoms with van der Waals surface area (Å²) in [4.78, 5) is 65.1. The second-order valence-corrected chi connectivity index (χ2v) is 10.3. The first-order valence-electron chi connectivity index (χ1n) is 11.1. The first-order chi connectivity index (χ1) is 18.3. The zero-order chi connectivity index (χ0) is 27.1. The largest absolute Gasteiger partial charge is 0.480 e. The number of rotatable bonds is 11. The van der Waals surface area contributed by atoms with Crippen LogP contribution in [0.4, 0.5) is 0 Å². The highest BCUT2D eigenvalue weighted by Crippen LogP contribution is 2.23. The van der Waals surface area contributed by atoms with Crippen LogP contribution in [0.2, 0.25) is 0 Å². The number of para-hydroxylation sites is 4. The number of carbonyl (C=O) groups is 4. The SMILES string of the molecule is O=C(N[C@@H](CSSC[C@@H](NC(=O)c1cnc2ccccc2n1)C(=O)O)C(=O)O)c1cnc2ccccc2n1. The topological polar surface area (TPSA) is 184 Å². The van der Waals surface area contributed by atoms with Gasteiger partial charge in [0.05, 0.1) is 34.5 Å². The number of aliphatic carboxylic acids is 2. The maximum Gasteiger partial charge on any atom is 0.327 e. The average molecular weight is 553 g/mol. The molecule has 2 amide bonds. The highest BCUT2D eigenvalue weighted by atomic mass is 33.1. The summed E-state index contributed by atoms with van der Waals surface area (Å²) in [7, 11) is 2.08. The molecule has 0 radical (unpaired) electrons. The maximum atomic E-state index is 12.5. The van der Waals surface area contributed by atoms with E-state index < -0.39 is 35.8 Å². The minimum absolute atomic E-state index is 0.0296. The number of aromatic nitrogens is 4. The van der Waals surface area contributed by atoms with E-state index in [2.05, 4.69) is 30.6 Å². The molecule has 4 rings (SSSR count). The number of nitrogens with zero attached hydrogens (tertiary/aromatic N) is 4. The normalized spacial score (nSPS) is 12.5. The predicted octanol–water partition coefficient (Wildman–Crippen LogP) is 2.02. The van der Waals surface area contributed by atoms with Crippen LogP contribution in [0.5, 0.6) is 0 Å². The fraction of sp³-hybridized carbons (Fsp3) is 0.167. The summed E-state index contributed by atoms with van der Waals surface area (Å²) >= 11 is 0. The van der Waals surface area contributed by atoms with Crippen molar-refractivity contribution in [3.63, 3.8) is 0 Å². The number of nitrogens with one attached hydrogen (secondary N) is 2. The predicted molar refractivity (Wildman–Crippen MR) is 142 cm³/mol. The molecule has 4 N–H and O–H groups in total. The van der Waals surface area contributed by atoms with Gasteiger partial charge in [-0.05, 0) is 24.3 Å². The Morgan fingerprint density at radius 2 is 1.03 bits per heavy atom. The Kier molecular flexibility index (Phi) is 8.66. The molecule has 2 aromatic carbocycles. The van der Waals surface area contributed by atoms with Gasteiger partial charge < -0.3 is 20.8 Å². The third-order valence-corrected chi connectivity index (χ3v) is 7.54. The Labute approximate surface area is 223 Å². The van der Waals surface area contributed by atoms with Crippen molar-refractivity contribution in [3.8, 4) is 0 Å². The number of hydrogen-bond donors (Lipinski definition) is 4. The van der Waals surface area contributed by atoms with E-state index in [4.69, 9.17) is 0 Å². The van der Waals surface area contributed by atoms with E-state index in [0.29, 0.717) is 22.1 Å². The van der Waals surface area contributed by atoms with Gasteiger partial charge in [0.1, 0.15) is 23.5 Å². The van der Waals surface area contributed by atoms with E-state index in [1.165, 1.54) is 12.4 Å². The Balaban J connectivity index is 1.30. The summed E-state index contributed by atoms with van der Waals surface area (Å²) < 4.78 is 0. The number of hydrogen-bond acceptors (Lipinski definition) is 10. The molecule has 2 aromatic heterocycles. The molecule has 0 aliphatic carbocycles. The highest BCUT2D eigenvalue weighted by molar-refractivity contribution is 8.76. The van der Waals surface area contributed by atoms with E-state index in [-0.39, 0.29) is 22.9 Å². The van der Waals surface area contributed by atoms with Crippen LogP contribution in [0.15, 0.2) is 60.9 Å². The summed E-state index contributed by atoms with van der Waals surface area (Å²) in [6, 6.07) is 11.4. The van der Waals surface area contributed by atoms with E-state index in [1.54, 1.807) is 48.5 Å². The van der Waals surface area contributed by atoms with Crippen LogP contribution >= 0.6 is 21.6 Å². The summed E-state index contributed by atoms with van der Waals surface area (Å²) in [6.45, 7) is 0. The molecule has 0 saturated heterocycles. The standard InChI is InChI=1S/C24H20N6O6S2/c31-21(17-9-25-13-5-1-3-7-15(13)27-17)29-19(23(33)34)11-37-38-12-20(24(35)36)30-22(32)18-10-26-14-6-2-4-8-16(14)28-18/h1-10,19-20H,11-12H2,(H,29,31)(H,30,32)(H,33,34)(H,35,36)/t19-,20+. The van der Waals surface area contributed by atoms with Crippen molar-refractivity contribution in [2.75, 3.05) is 11.5 Å². The molecule has 194 valence electrons. The fourth-order valence-corrected chi connectivity index (χ4v) is 5.49. The maximum absolute atomic E-state index is 12.5. The van der Waals surface area contributed by atoms with Crippen LogP contribution in [0.1, 0.15) is 21.0 Å². The molecule has 0 bridgehead atoms. The first kappa shape index (κ1) is 26.8. The van der Waals surface area contributed by atoms with Crippen LogP contribution in [0.25, 0.3) is 22.1 Å². The molecular weight excluding hydrogens is 532 g/mol. The lowest BCUT2D eigenvalue weighted by atomic mass is 10.2. The third-order valence-electron chi connectivity index (χ3n) is 5.12. The summed E-state index contributed by atoms with van der Waals surface area (Å²) in [6.07, 6.45) is 2.52. The highest BCUT2D eigenvalue weighted by Gasteiger charge is 2.25. The van der Waals surface area contributed by atoms with Gasteiger partial charge in [-0.1, -0.05) is 45.9 Å². The molecule has 0 spiro atoms. The van der Waals surface area contributed by atoms with Crippen molar-refractivity contribution in [1.29, 1.82) is 0 Å². The summed E-state index contributed by atoms with van der Waals surface area (Å²) in [5.41, 5.74) is 2.12. The Morgan fingerprint density at radius 1 is 0.658 bits per heavy atom. The van der Waals surface area contributed by atoms with Crippen molar-refractivity contribution in [1.82, 2.24) is 30.6 Å². The van der Waals surface area contributed by atoms with Crippen LogP contribution in [0.3, 0.4) is 0 Å². The van der Waals surface area contributed by atoms with Gasteiger partial charge >= 0.3 is 11.9 Å². The van der Waals surface area contributed by atoms with Crippen molar-refractivity contribution in [3.05, 3.63) is 72.3 Å². The summed E-state index contributed by atoms with van der Waals surface area (Å²) in [5, 5.41) is 23.8. The Morgan fingerprint density at radius 3 is 1.39 bits per heavy atom. The average Bonchev–Trinajstić information content (AvgIpc) is 2.92. The van der Waals surface area contributed by atoms with Crippen molar-refractivity contribution >= 4 is 67.4 Å².